The van der Waals surface area contributed by atoms with Gasteiger partial charge < -0.3 is 10.6 Å². The number of anilines is 1. The zero-order chi connectivity index (χ0) is 17.9. The molecule has 2 atom stereocenters. The van der Waals surface area contributed by atoms with Crippen LogP contribution in [0.15, 0.2) is 30.5 Å². The lowest BCUT2D eigenvalue weighted by Gasteiger charge is -2.27. The SMILES string of the molecule is O=C(NC1CCCCCC1c1ccc(Cl)cc1)c1cnn2c1NCCC2. The molecule has 1 aromatic carbocycles. The highest BCUT2D eigenvalue weighted by molar-refractivity contribution is 6.30. The monoisotopic (exact) mass is 372 g/mol. The van der Waals surface area contributed by atoms with E-state index in [1.807, 2.05) is 16.8 Å². The van der Waals surface area contributed by atoms with Crippen molar-refractivity contribution in [1.82, 2.24) is 15.1 Å². The Labute approximate surface area is 159 Å². The largest absolute Gasteiger partial charge is 0.370 e. The van der Waals surface area contributed by atoms with Gasteiger partial charge in [-0.3, -0.25) is 4.79 Å². The molecule has 0 saturated heterocycles. The van der Waals surface area contributed by atoms with Crippen LogP contribution in [0.1, 0.15) is 60.4 Å². The Kier molecular flexibility index (Phi) is 5.16. The topological polar surface area (TPSA) is 59.0 Å². The first kappa shape index (κ1) is 17.4. The molecule has 0 radical (unpaired) electrons. The summed E-state index contributed by atoms with van der Waals surface area (Å²) in [6, 6.07) is 8.23. The molecule has 2 N–H and O–H groups in total. The zero-order valence-electron chi connectivity index (χ0n) is 14.9. The van der Waals surface area contributed by atoms with Gasteiger partial charge in [0.2, 0.25) is 0 Å². The van der Waals surface area contributed by atoms with Gasteiger partial charge in [0.05, 0.1) is 6.20 Å². The minimum atomic E-state index is -0.0217. The van der Waals surface area contributed by atoms with Crippen molar-refractivity contribution in [3.8, 4) is 0 Å². The van der Waals surface area contributed by atoms with Gasteiger partial charge in [-0.1, -0.05) is 43.0 Å². The highest BCUT2D eigenvalue weighted by Crippen LogP contribution is 2.33. The number of hydrogen-bond acceptors (Lipinski definition) is 3. The van der Waals surface area contributed by atoms with E-state index in [2.05, 4.69) is 27.9 Å². The molecule has 2 unspecified atom stereocenters. The van der Waals surface area contributed by atoms with Crippen molar-refractivity contribution >= 4 is 23.3 Å². The predicted molar refractivity (Wildman–Crippen MR) is 104 cm³/mol. The number of carbonyl (C=O) groups is 1. The van der Waals surface area contributed by atoms with Crippen LogP contribution < -0.4 is 10.6 Å². The van der Waals surface area contributed by atoms with Crippen LogP contribution in [0, 0.1) is 0 Å². The maximum Gasteiger partial charge on any atom is 0.256 e. The average Bonchev–Trinajstić information content (AvgIpc) is 2.96. The number of hydrogen-bond donors (Lipinski definition) is 2. The molecule has 0 bridgehead atoms. The maximum atomic E-state index is 13.0. The predicted octanol–water partition coefficient (Wildman–Crippen LogP) is 4.20. The second-order valence-electron chi connectivity index (χ2n) is 7.29. The molecule has 1 aromatic heterocycles. The first-order valence-corrected chi connectivity index (χ1v) is 9.96. The second-order valence-corrected chi connectivity index (χ2v) is 7.72. The molecule has 138 valence electrons. The number of nitrogens with one attached hydrogen (secondary N) is 2. The van der Waals surface area contributed by atoms with Crippen molar-refractivity contribution in [2.24, 2.45) is 0 Å². The number of aromatic nitrogens is 2. The van der Waals surface area contributed by atoms with Crippen molar-refractivity contribution in [3.05, 3.63) is 46.6 Å². The van der Waals surface area contributed by atoms with Gasteiger partial charge in [0, 0.05) is 30.1 Å². The second kappa shape index (κ2) is 7.70. The molecule has 1 fully saturated rings. The van der Waals surface area contributed by atoms with E-state index < -0.39 is 0 Å². The van der Waals surface area contributed by atoms with Crippen LogP contribution in [0.5, 0.6) is 0 Å². The first-order chi connectivity index (χ1) is 12.7. The average molecular weight is 373 g/mol. The number of benzene rings is 1. The molecule has 4 rings (SSSR count). The molecule has 2 aromatic rings. The van der Waals surface area contributed by atoms with Crippen molar-refractivity contribution in [2.45, 2.75) is 57.0 Å². The Hall–Kier alpha value is -2.01. The normalized spacial score (nSPS) is 22.8. The van der Waals surface area contributed by atoms with Gasteiger partial charge in [-0.2, -0.15) is 5.10 Å². The number of rotatable bonds is 3. The molecule has 1 aliphatic carbocycles. The summed E-state index contributed by atoms with van der Waals surface area (Å²) < 4.78 is 1.89. The summed E-state index contributed by atoms with van der Waals surface area (Å²) in [6.07, 6.45) is 8.41. The Balaban J connectivity index is 1.54. The molecule has 2 aliphatic rings. The fourth-order valence-corrected chi connectivity index (χ4v) is 4.30. The summed E-state index contributed by atoms with van der Waals surface area (Å²) in [5, 5.41) is 11.7. The van der Waals surface area contributed by atoms with E-state index in [0.29, 0.717) is 11.5 Å². The van der Waals surface area contributed by atoms with Crippen LogP contribution in [0.2, 0.25) is 5.02 Å². The number of nitrogens with zero attached hydrogens (tertiary/aromatic N) is 2. The van der Waals surface area contributed by atoms with Crippen LogP contribution in [0.25, 0.3) is 0 Å². The van der Waals surface area contributed by atoms with E-state index in [1.165, 1.54) is 18.4 Å². The third-order valence-corrected chi connectivity index (χ3v) is 5.81. The summed E-state index contributed by atoms with van der Waals surface area (Å²) in [6.45, 7) is 1.76. The van der Waals surface area contributed by atoms with Crippen molar-refractivity contribution in [3.63, 3.8) is 0 Å². The third-order valence-electron chi connectivity index (χ3n) is 5.55. The quantitative estimate of drug-likeness (QED) is 0.794. The minimum absolute atomic E-state index is 0.0217. The lowest BCUT2D eigenvalue weighted by atomic mass is 9.87. The van der Waals surface area contributed by atoms with Gasteiger partial charge in [0.25, 0.3) is 5.91 Å². The van der Waals surface area contributed by atoms with E-state index >= 15 is 0 Å². The first-order valence-electron chi connectivity index (χ1n) is 9.58. The molecule has 26 heavy (non-hydrogen) atoms. The van der Waals surface area contributed by atoms with Gasteiger partial charge in [0.1, 0.15) is 11.4 Å². The van der Waals surface area contributed by atoms with Crippen molar-refractivity contribution in [2.75, 3.05) is 11.9 Å². The van der Waals surface area contributed by atoms with Crippen LogP contribution >= 0.6 is 11.6 Å². The highest BCUT2D eigenvalue weighted by atomic mass is 35.5. The Morgan fingerprint density at radius 3 is 2.81 bits per heavy atom. The maximum absolute atomic E-state index is 13.0. The smallest absolute Gasteiger partial charge is 0.256 e. The van der Waals surface area contributed by atoms with Crippen molar-refractivity contribution < 1.29 is 4.79 Å². The van der Waals surface area contributed by atoms with E-state index in [4.69, 9.17) is 11.6 Å². The number of aryl methyl sites for hydroxylation is 1. The summed E-state index contributed by atoms with van der Waals surface area (Å²) >= 11 is 6.05. The Morgan fingerprint density at radius 1 is 1.15 bits per heavy atom. The Bertz CT molecular complexity index is 771. The highest BCUT2D eigenvalue weighted by Gasteiger charge is 2.28. The summed E-state index contributed by atoms with van der Waals surface area (Å²) in [5.41, 5.74) is 1.92. The summed E-state index contributed by atoms with van der Waals surface area (Å²) in [4.78, 5) is 13.0. The number of fused-ring (bicyclic) bond motifs is 1. The van der Waals surface area contributed by atoms with Gasteiger partial charge in [0.15, 0.2) is 0 Å². The molecule has 1 amide bonds. The van der Waals surface area contributed by atoms with Crippen LogP contribution in [0.4, 0.5) is 5.82 Å². The van der Waals surface area contributed by atoms with Gasteiger partial charge >= 0.3 is 0 Å². The third kappa shape index (κ3) is 3.58. The molecule has 0 spiro atoms. The van der Waals surface area contributed by atoms with Crippen LogP contribution in [-0.2, 0) is 6.54 Å². The molecule has 2 heterocycles. The fourth-order valence-electron chi connectivity index (χ4n) is 4.18. The Morgan fingerprint density at radius 2 is 1.96 bits per heavy atom. The molecular weight excluding hydrogens is 348 g/mol. The summed E-state index contributed by atoms with van der Waals surface area (Å²) in [7, 11) is 0. The summed E-state index contributed by atoms with van der Waals surface area (Å²) in [5.74, 6) is 1.16. The molecule has 1 aliphatic heterocycles. The van der Waals surface area contributed by atoms with Gasteiger partial charge in [-0.05, 0) is 37.0 Å². The van der Waals surface area contributed by atoms with Crippen molar-refractivity contribution in [1.29, 1.82) is 0 Å². The van der Waals surface area contributed by atoms with E-state index in [9.17, 15) is 4.79 Å². The standard InChI is InChI=1S/C20H25ClN4O/c21-15-9-7-14(8-10-15)16-5-2-1-3-6-18(16)24-20(26)17-13-23-25-12-4-11-22-19(17)25/h7-10,13,16,18,22H,1-6,11-12H2,(H,24,26). The molecular formula is C20H25ClN4O. The van der Waals surface area contributed by atoms with E-state index in [0.717, 1.165) is 49.6 Å². The minimum Gasteiger partial charge on any atom is -0.370 e. The van der Waals surface area contributed by atoms with Gasteiger partial charge in [-0.15, -0.1) is 0 Å². The molecule has 5 nitrogen and oxygen atoms in total. The molecule has 1 saturated carbocycles. The number of carbonyl (C=O) groups excluding carboxylic acids is 1. The fraction of sp³-hybridized carbons (Fsp3) is 0.500. The van der Waals surface area contributed by atoms with Crippen LogP contribution in [0.3, 0.4) is 0 Å². The van der Waals surface area contributed by atoms with E-state index in [1.54, 1.807) is 6.20 Å². The lowest BCUT2D eigenvalue weighted by molar-refractivity contribution is 0.0929. The molecule has 6 heteroatoms. The lowest BCUT2D eigenvalue weighted by Crippen LogP contribution is -2.39. The zero-order valence-corrected chi connectivity index (χ0v) is 15.6. The van der Waals surface area contributed by atoms with E-state index in [-0.39, 0.29) is 11.9 Å². The number of amides is 1. The number of halogens is 1. The van der Waals surface area contributed by atoms with Gasteiger partial charge in [-0.25, -0.2) is 4.68 Å². The van der Waals surface area contributed by atoms with Crippen LogP contribution in [-0.4, -0.2) is 28.3 Å².